The summed E-state index contributed by atoms with van der Waals surface area (Å²) in [5.41, 5.74) is 6.35. The van der Waals surface area contributed by atoms with Gasteiger partial charge in [-0.2, -0.15) is 5.26 Å². The molecule has 0 saturated carbocycles. The van der Waals surface area contributed by atoms with E-state index >= 15 is 0 Å². The first-order valence-corrected chi connectivity index (χ1v) is 5.42. The molecule has 0 radical (unpaired) electrons. The Morgan fingerprint density at radius 2 is 2.31 bits per heavy atom. The maximum atomic E-state index is 10.6. The van der Waals surface area contributed by atoms with Gasteiger partial charge in [-0.3, -0.25) is 0 Å². The molecule has 3 N–H and O–H groups in total. The lowest BCUT2D eigenvalue weighted by molar-refractivity contribution is -0.144. The fraction of sp³-hybridized carbons (Fsp3) is 0.200. The number of hydrogen-bond acceptors (Lipinski definition) is 4. The minimum atomic E-state index is -1.07. The van der Waals surface area contributed by atoms with E-state index in [4.69, 9.17) is 20.8 Å². The van der Waals surface area contributed by atoms with Crippen LogP contribution in [0.3, 0.4) is 0 Å². The normalized spacial score (nSPS) is 11.6. The van der Waals surface area contributed by atoms with E-state index in [1.165, 1.54) is 13.0 Å². The summed E-state index contributed by atoms with van der Waals surface area (Å²) < 4.78 is 5.81. The van der Waals surface area contributed by atoms with Gasteiger partial charge >= 0.3 is 5.97 Å². The van der Waals surface area contributed by atoms with Gasteiger partial charge in [0, 0.05) is 0 Å². The van der Waals surface area contributed by atoms with E-state index in [0.29, 0.717) is 14.9 Å². The van der Waals surface area contributed by atoms with E-state index in [2.05, 4.69) is 0 Å². The molecule has 16 heavy (non-hydrogen) atoms. The van der Waals surface area contributed by atoms with Gasteiger partial charge in [0.25, 0.3) is 0 Å². The molecule has 0 saturated heterocycles. The number of anilines is 1. The lowest BCUT2D eigenvalue weighted by Crippen LogP contribution is -2.23. The number of ether oxygens (including phenoxy) is 1. The first-order valence-electron chi connectivity index (χ1n) is 4.34. The minimum absolute atomic E-state index is 0.261. The van der Waals surface area contributed by atoms with Gasteiger partial charge in [-0.1, -0.05) is 0 Å². The van der Waals surface area contributed by atoms with Crippen molar-refractivity contribution in [1.82, 2.24) is 0 Å². The molecule has 0 aliphatic heterocycles. The smallest absolute Gasteiger partial charge is 0.344 e. The van der Waals surface area contributed by atoms with Gasteiger partial charge in [0.1, 0.15) is 0 Å². The molecule has 6 heteroatoms. The number of halogens is 1. The van der Waals surface area contributed by atoms with Crippen molar-refractivity contribution in [3.05, 3.63) is 21.3 Å². The van der Waals surface area contributed by atoms with Crippen LogP contribution in [-0.4, -0.2) is 17.2 Å². The van der Waals surface area contributed by atoms with Crippen LogP contribution in [0.5, 0.6) is 5.75 Å². The molecule has 1 aromatic rings. The highest BCUT2D eigenvalue weighted by Crippen LogP contribution is 2.30. The summed E-state index contributed by atoms with van der Waals surface area (Å²) >= 11 is 1.94. The van der Waals surface area contributed by atoms with Crippen LogP contribution in [0.1, 0.15) is 12.5 Å². The zero-order valence-electron chi connectivity index (χ0n) is 8.40. The van der Waals surface area contributed by atoms with Gasteiger partial charge in [0.2, 0.25) is 0 Å². The number of carbonyl (C=O) groups is 1. The van der Waals surface area contributed by atoms with Crippen LogP contribution in [0.25, 0.3) is 0 Å². The predicted octanol–water partition coefficient (Wildman–Crippen LogP) is 1.60. The molecule has 1 atom stereocenters. The van der Waals surface area contributed by atoms with Crippen LogP contribution in [0.4, 0.5) is 5.69 Å². The molecule has 0 fully saturated rings. The molecule has 0 aliphatic carbocycles. The van der Waals surface area contributed by atoms with Gasteiger partial charge in [-0.05, 0) is 41.6 Å². The second kappa shape index (κ2) is 5.03. The quantitative estimate of drug-likeness (QED) is 0.647. The molecule has 0 aromatic heterocycles. The lowest BCUT2D eigenvalue weighted by Gasteiger charge is -2.14. The summed E-state index contributed by atoms with van der Waals surface area (Å²) in [7, 11) is 0. The zero-order valence-corrected chi connectivity index (χ0v) is 10.6. The molecule has 0 spiro atoms. The number of aliphatic carboxylic acids is 1. The highest BCUT2D eigenvalue weighted by molar-refractivity contribution is 14.1. The largest absolute Gasteiger partial charge is 0.479 e. The number of carboxylic acids is 1. The third kappa shape index (κ3) is 2.76. The molecule has 1 unspecified atom stereocenters. The van der Waals surface area contributed by atoms with Crippen molar-refractivity contribution in [2.45, 2.75) is 13.0 Å². The molecule has 0 bridgehead atoms. The van der Waals surface area contributed by atoms with Crippen LogP contribution >= 0.6 is 22.6 Å². The molecule has 84 valence electrons. The maximum Gasteiger partial charge on any atom is 0.344 e. The van der Waals surface area contributed by atoms with Crippen molar-refractivity contribution in [1.29, 1.82) is 5.26 Å². The number of nitrogens with zero attached hydrogens (tertiary/aromatic N) is 1. The highest BCUT2D eigenvalue weighted by Gasteiger charge is 2.16. The molecule has 0 heterocycles. The Morgan fingerprint density at radius 1 is 1.69 bits per heavy atom. The van der Waals surface area contributed by atoms with Gasteiger partial charge in [0.15, 0.2) is 11.9 Å². The molecular weight excluding hydrogens is 323 g/mol. The van der Waals surface area contributed by atoms with E-state index in [-0.39, 0.29) is 5.69 Å². The average molecular weight is 332 g/mol. The van der Waals surface area contributed by atoms with Gasteiger partial charge in [-0.15, -0.1) is 0 Å². The Morgan fingerprint density at radius 3 is 2.75 bits per heavy atom. The van der Waals surface area contributed by atoms with E-state index in [0.717, 1.165) is 0 Å². The first kappa shape index (κ1) is 12.6. The van der Waals surface area contributed by atoms with Crippen LogP contribution in [0.15, 0.2) is 12.1 Å². The fourth-order valence-electron chi connectivity index (χ4n) is 1.03. The maximum absolute atomic E-state index is 10.6. The predicted molar refractivity (Wildman–Crippen MR) is 66.0 cm³/mol. The fourth-order valence-corrected chi connectivity index (χ4v) is 1.80. The average Bonchev–Trinajstić information content (AvgIpc) is 2.22. The second-order valence-corrected chi connectivity index (χ2v) is 4.25. The summed E-state index contributed by atoms with van der Waals surface area (Å²) in [5.74, 6) is -0.769. The minimum Gasteiger partial charge on any atom is -0.479 e. The molecule has 5 nitrogen and oxygen atoms in total. The summed E-state index contributed by atoms with van der Waals surface area (Å²) in [4.78, 5) is 10.6. The van der Waals surface area contributed by atoms with Crippen molar-refractivity contribution in [3.63, 3.8) is 0 Å². The van der Waals surface area contributed by atoms with E-state index in [9.17, 15) is 4.79 Å². The van der Waals surface area contributed by atoms with Gasteiger partial charge in [-0.25, -0.2) is 4.79 Å². The summed E-state index contributed by atoms with van der Waals surface area (Å²) in [5, 5.41) is 17.4. The Hall–Kier alpha value is -1.49. The molecule has 1 rings (SSSR count). The topological polar surface area (TPSA) is 96.3 Å². The summed E-state index contributed by atoms with van der Waals surface area (Å²) in [6, 6.07) is 4.99. The summed E-state index contributed by atoms with van der Waals surface area (Å²) in [6.07, 6.45) is -0.983. The first-order chi connectivity index (χ1) is 7.45. The van der Waals surface area contributed by atoms with E-state index in [1.54, 1.807) is 6.07 Å². The van der Waals surface area contributed by atoms with E-state index < -0.39 is 12.1 Å². The highest BCUT2D eigenvalue weighted by atomic mass is 127. The Bertz CT molecular complexity index is 445. The Kier molecular flexibility index (Phi) is 3.95. The number of benzene rings is 1. The van der Waals surface area contributed by atoms with Crippen molar-refractivity contribution < 1.29 is 14.6 Å². The molecule has 0 aliphatic rings. The Labute approximate surface area is 106 Å². The molecule has 0 amide bonds. The Balaban J connectivity index is 3.07. The van der Waals surface area contributed by atoms with Crippen molar-refractivity contribution in [3.8, 4) is 11.8 Å². The van der Waals surface area contributed by atoms with E-state index in [1.807, 2.05) is 28.7 Å². The van der Waals surface area contributed by atoms with Crippen molar-refractivity contribution in [2.75, 3.05) is 5.73 Å². The number of rotatable bonds is 3. The number of nitrogens with two attached hydrogens (primary N) is 1. The SMILES string of the molecule is CC(Oc1c(N)cc(C#N)cc1I)C(=O)O. The van der Waals surface area contributed by atoms with Crippen molar-refractivity contribution >= 4 is 34.2 Å². The number of hydrogen-bond donors (Lipinski definition) is 2. The third-order valence-electron chi connectivity index (χ3n) is 1.84. The van der Waals surface area contributed by atoms with Crippen LogP contribution in [-0.2, 0) is 4.79 Å². The van der Waals surface area contributed by atoms with Crippen LogP contribution in [0, 0.1) is 14.9 Å². The zero-order chi connectivity index (χ0) is 12.3. The number of nitriles is 1. The monoisotopic (exact) mass is 332 g/mol. The van der Waals surface area contributed by atoms with Gasteiger partial charge < -0.3 is 15.6 Å². The number of carboxylic acid groups (broad SMARTS) is 1. The van der Waals surface area contributed by atoms with Crippen LogP contribution < -0.4 is 10.5 Å². The third-order valence-corrected chi connectivity index (χ3v) is 2.65. The van der Waals surface area contributed by atoms with Crippen molar-refractivity contribution in [2.24, 2.45) is 0 Å². The summed E-state index contributed by atoms with van der Waals surface area (Å²) in [6.45, 7) is 1.41. The number of nitrogen functional groups attached to an aromatic ring is 1. The lowest BCUT2D eigenvalue weighted by atomic mass is 10.2. The van der Waals surface area contributed by atoms with Gasteiger partial charge in [0.05, 0.1) is 20.9 Å². The van der Waals surface area contributed by atoms with Crippen LogP contribution in [0.2, 0.25) is 0 Å². The second-order valence-electron chi connectivity index (χ2n) is 3.09. The molecular formula is C10H9IN2O3. The standard InChI is InChI=1S/C10H9IN2O3/c1-5(10(14)15)16-9-7(11)2-6(4-12)3-8(9)13/h2-3,5H,13H2,1H3,(H,14,15). The molecule has 1 aromatic carbocycles.